The predicted molar refractivity (Wildman–Crippen MR) is 174 cm³/mol. The molecule has 0 amide bonds. The monoisotopic (exact) mass is 536 g/mol. The fraction of sp³-hybridized carbons (Fsp3) is 0. The Hall–Kier alpha value is -5.74. The van der Waals surface area contributed by atoms with Crippen molar-refractivity contribution in [2.24, 2.45) is 0 Å². The maximum absolute atomic E-state index is 4.85. The van der Waals surface area contributed by atoms with E-state index >= 15 is 0 Å². The van der Waals surface area contributed by atoms with Crippen molar-refractivity contribution in [1.82, 2.24) is 19.1 Å². The third-order valence-corrected chi connectivity index (χ3v) is 8.38. The minimum atomic E-state index is 0.998. The van der Waals surface area contributed by atoms with Crippen molar-refractivity contribution in [3.63, 3.8) is 0 Å². The summed E-state index contributed by atoms with van der Waals surface area (Å²) in [4.78, 5) is 9.67. The molecule has 0 N–H and O–H groups in total. The van der Waals surface area contributed by atoms with Crippen LogP contribution >= 0.6 is 0 Å². The summed E-state index contributed by atoms with van der Waals surface area (Å²) in [7, 11) is 0. The van der Waals surface area contributed by atoms with Crippen LogP contribution in [0.3, 0.4) is 0 Å². The first-order chi connectivity index (χ1) is 20.8. The molecule has 4 nitrogen and oxygen atoms in total. The summed E-state index contributed by atoms with van der Waals surface area (Å²) >= 11 is 0. The molecule has 0 aliphatic carbocycles. The van der Waals surface area contributed by atoms with Crippen LogP contribution in [0.15, 0.2) is 146 Å². The first-order valence-electron chi connectivity index (χ1n) is 14.2. The number of aromatic nitrogens is 4. The van der Waals surface area contributed by atoms with Crippen molar-refractivity contribution in [2.45, 2.75) is 0 Å². The summed E-state index contributed by atoms with van der Waals surface area (Å²) in [6, 6.07) is 47.2. The van der Waals surface area contributed by atoms with Gasteiger partial charge in [-0.15, -0.1) is 0 Å². The van der Waals surface area contributed by atoms with Gasteiger partial charge in [-0.3, -0.25) is 9.97 Å². The molecule has 42 heavy (non-hydrogen) atoms. The third-order valence-electron chi connectivity index (χ3n) is 8.38. The molecule has 0 bridgehead atoms. The second-order valence-corrected chi connectivity index (χ2v) is 10.7. The summed E-state index contributed by atoms with van der Waals surface area (Å²) in [5.74, 6) is 0. The largest absolute Gasteiger partial charge is 0.309 e. The highest BCUT2D eigenvalue weighted by Gasteiger charge is 2.18. The van der Waals surface area contributed by atoms with Crippen LogP contribution in [-0.4, -0.2) is 19.1 Å². The molecule has 0 radical (unpaired) electrons. The zero-order valence-corrected chi connectivity index (χ0v) is 22.6. The van der Waals surface area contributed by atoms with E-state index in [9.17, 15) is 0 Å². The Kier molecular flexibility index (Phi) is 4.87. The molecule has 9 rings (SSSR count). The molecule has 5 aromatic carbocycles. The Morgan fingerprint density at radius 3 is 1.83 bits per heavy atom. The van der Waals surface area contributed by atoms with Crippen LogP contribution in [0, 0.1) is 0 Å². The second-order valence-electron chi connectivity index (χ2n) is 10.7. The lowest BCUT2D eigenvalue weighted by atomic mass is 10.0. The zero-order chi connectivity index (χ0) is 27.6. The summed E-state index contributed by atoms with van der Waals surface area (Å²) in [6.45, 7) is 0. The molecule has 4 aromatic heterocycles. The Balaban J connectivity index is 1.31. The second kappa shape index (κ2) is 8.88. The molecular weight excluding hydrogens is 512 g/mol. The quantitative estimate of drug-likeness (QED) is 0.225. The van der Waals surface area contributed by atoms with E-state index in [-0.39, 0.29) is 0 Å². The summed E-state index contributed by atoms with van der Waals surface area (Å²) in [5, 5.41) is 4.64. The molecule has 196 valence electrons. The van der Waals surface area contributed by atoms with Crippen LogP contribution in [-0.2, 0) is 0 Å². The molecule has 4 heteroatoms. The lowest BCUT2D eigenvalue weighted by molar-refractivity contribution is 1.18. The van der Waals surface area contributed by atoms with Gasteiger partial charge in [0.05, 0.1) is 33.1 Å². The lowest BCUT2D eigenvalue weighted by Gasteiger charge is -2.10. The van der Waals surface area contributed by atoms with Gasteiger partial charge in [-0.25, -0.2) is 0 Å². The average Bonchev–Trinajstić information content (AvgIpc) is 3.58. The number of hydrogen-bond acceptors (Lipinski definition) is 2. The Labute approximate surface area is 241 Å². The van der Waals surface area contributed by atoms with E-state index in [1.165, 1.54) is 22.0 Å². The standard InChI is InChI=1S/C38H24N4/c1-3-10-27(11-4-1)41-35-20-18-26(23-31(35)37-36(41)16-9-21-39-37)25-17-19-34-30(22-25)32-24-40-33-15-8-7-14-29(33)38(32)42(34)28-12-5-2-6-13-28/h1-24H. The SMILES string of the molecule is c1ccc(-n2c3ccc(-c4ccc5c(c4)c4cnc6ccccc6c4n5-c4ccccc4)cc3c3ncccc32)cc1. The van der Waals surface area contributed by atoms with Crippen LogP contribution in [0.4, 0.5) is 0 Å². The maximum atomic E-state index is 4.85. The van der Waals surface area contributed by atoms with E-state index in [1.54, 1.807) is 0 Å². The van der Waals surface area contributed by atoms with Gasteiger partial charge in [-0.1, -0.05) is 66.7 Å². The number of nitrogens with zero attached hydrogens (tertiary/aromatic N) is 4. The van der Waals surface area contributed by atoms with Gasteiger partial charge in [-0.2, -0.15) is 0 Å². The molecule has 0 spiro atoms. The van der Waals surface area contributed by atoms with Gasteiger partial charge in [0.15, 0.2) is 0 Å². The van der Waals surface area contributed by atoms with Gasteiger partial charge in [0.25, 0.3) is 0 Å². The van der Waals surface area contributed by atoms with Crippen molar-refractivity contribution in [2.75, 3.05) is 0 Å². The molecule has 0 saturated heterocycles. The van der Waals surface area contributed by atoms with Crippen molar-refractivity contribution < 1.29 is 0 Å². The van der Waals surface area contributed by atoms with Gasteiger partial charge in [0.1, 0.15) is 0 Å². The zero-order valence-electron chi connectivity index (χ0n) is 22.6. The molecule has 0 unspecified atom stereocenters. The van der Waals surface area contributed by atoms with Crippen LogP contribution in [0.25, 0.3) is 77.1 Å². The summed E-state index contributed by atoms with van der Waals surface area (Å²) < 4.78 is 4.67. The topological polar surface area (TPSA) is 35.6 Å². The number of fused-ring (bicyclic) bond motifs is 8. The van der Waals surface area contributed by atoms with Crippen molar-refractivity contribution in [3.8, 4) is 22.5 Å². The average molecular weight is 537 g/mol. The molecule has 0 fully saturated rings. The summed E-state index contributed by atoms with van der Waals surface area (Å²) in [5.41, 5.74) is 11.2. The van der Waals surface area contributed by atoms with Gasteiger partial charge in [-0.05, 0) is 77.9 Å². The Morgan fingerprint density at radius 2 is 1.07 bits per heavy atom. The number of benzene rings is 5. The molecule has 4 heterocycles. The fourth-order valence-electron chi connectivity index (χ4n) is 6.53. The highest BCUT2D eigenvalue weighted by Crippen LogP contribution is 2.39. The minimum absolute atomic E-state index is 0.998. The molecule has 0 atom stereocenters. The van der Waals surface area contributed by atoms with E-state index in [1.807, 2.05) is 18.5 Å². The normalized spacial score (nSPS) is 11.8. The van der Waals surface area contributed by atoms with Crippen LogP contribution in [0.5, 0.6) is 0 Å². The summed E-state index contributed by atoms with van der Waals surface area (Å²) in [6.07, 6.45) is 3.91. The molecule has 0 saturated carbocycles. The first kappa shape index (κ1) is 23.0. The van der Waals surface area contributed by atoms with Crippen molar-refractivity contribution >= 4 is 54.6 Å². The van der Waals surface area contributed by atoms with Crippen LogP contribution in [0.2, 0.25) is 0 Å². The van der Waals surface area contributed by atoms with Gasteiger partial charge in [0, 0.05) is 45.3 Å². The molecular formula is C38H24N4. The van der Waals surface area contributed by atoms with E-state index in [0.29, 0.717) is 0 Å². The molecule has 0 aliphatic heterocycles. The van der Waals surface area contributed by atoms with Crippen molar-refractivity contribution in [1.29, 1.82) is 0 Å². The number of pyridine rings is 2. The fourth-order valence-corrected chi connectivity index (χ4v) is 6.53. The Bertz CT molecular complexity index is 2450. The lowest BCUT2D eigenvalue weighted by Crippen LogP contribution is -1.94. The van der Waals surface area contributed by atoms with Crippen LogP contribution in [0.1, 0.15) is 0 Å². The Morgan fingerprint density at radius 1 is 0.429 bits per heavy atom. The smallest absolute Gasteiger partial charge is 0.0963 e. The highest BCUT2D eigenvalue weighted by molar-refractivity contribution is 6.18. The van der Waals surface area contributed by atoms with E-state index in [2.05, 4.69) is 137 Å². The first-order valence-corrected chi connectivity index (χ1v) is 14.2. The maximum Gasteiger partial charge on any atom is 0.0963 e. The minimum Gasteiger partial charge on any atom is -0.309 e. The molecule has 9 aromatic rings. The van der Waals surface area contributed by atoms with E-state index < -0.39 is 0 Å². The van der Waals surface area contributed by atoms with Gasteiger partial charge < -0.3 is 9.13 Å². The van der Waals surface area contributed by atoms with Gasteiger partial charge in [0.2, 0.25) is 0 Å². The predicted octanol–water partition coefficient (Wildman–Crippen LogP) is 9.49. The van der Waals surface area contributed by atoms with E-state index in [0.717, 1.165) is 55.2 Å². The van der Waals surface area contributed by atoms with Crippen LogP contribution < -0.4 is 0 Å². The highest BCUT2D eigenvalue weighted by atomic mass is 15.0. The third kappa shape index (κ3) is 3.29. The van der Waals surface area contributed by atoms with Gasteiger partial charge >= 0.3 is 0 Å². The number of hydrogen-bond donors (Lipinski definition) is 0. The van der Waals surface area contributed by atoms with Crippen molar-refractivity contribution in [3.05, 3.63) is 146 Å². The molecule has 0 aliphatic rings. The van der Waals surface area contributed by atoms with E-state index in [4.69, 9.17) is 9.97 Å². The number of para-hydroxylation sites is 3. The number of rotatable bonds is 3.